The second-order valence-electron chi connectivity index (χ2n) is 8.65. The highest BCUT2D eigenvalue weighted by Crippen LogP contribution is 2.33. The molecule has 0 aliphatic carbocycles. The van der Waals surface area contributed by atoms with Gasteiger partial charge in [-0.25, -0.2) is 4.98 Å². The average Bonchev–Trinajstić information content (AvgIpc) is 2.86. The van der Waals surface area contributed by atoms with Crippen molar-refractivity contribution in [1.29, 1.82) is 0 Å². The molecule has 7 nitrogen and oxygen atoms in total. The van der Waals surface area contributed by atoms with E-state index in [-0.39, 0.29) is 5.43 Å². The third kappa shape index (κ3) is 4.72. The quantitative estimate of drug-likeness (QED) is 0.395. The molecule has 2 aromatic heterocycles. The van der Waals surface area contributed by atoms with E-state index in [2.05, 4.69) is 44.3 Å². The number of aryl methyl sites for hydroxylation is 1. The van der Waals surface area contributed by atoms with Gasteiger partial charge in [-0.05, 0) is 50.4 Å². The number of pyridine rings is 1. The number of anilines is 3. The molecule has 0 unspecified atom stereocenters. The maximum absolute atomic E-state index is 13.3. The maximum Gasteiger partial charge on any atom is 0.229 e. The molecule has 0 amide bonds. The van der Waals surface area contributed by atoms with Gasteiger partial charge in [0.1, 0.15) is 5.65 Å². The summed E-state index contributed by atoms with van der Waals surface area (Å²) in [7, 11) is 2.15. The predicted octanol–water partition coefficient (Wildman–Crippen LogP) is 5.28. The van der Waals surface area contributed by atoms with Gasteiger partial charge < -0.3 is 19.7 Å². The summed E-state index contributed by atoms with van der Waals surface area (Å²) in [6, 6.07) is 13.5. The first-order valence-corrected chi connectivity index (χ1v) is 12.4. The Hall–Kier alpha value is -3.13. The van der Waals surface area contributed by atoms with Crippen molar-refractivity contribution in [3.63, 3.8) is 0 Å². The lowest BCUT2D eigenvalue weighted by atomic mass is 10.1. The zero-order valence-corrected chi connectivity index (χ0v) is 21.1. The Morgan fingerprint density at radius 3 is 2.34 bits per heavy atom. The molecule has 180 valence electrons. The number of rotatable bonds is 5. The van der Waals surface area contributed by atoms with Gasteiger partial charge in [-0.2, -0.15) is 4.98 Å². The Balaban J connectivity index is 1.45. The van der Waals surface area contributed by atoms with Crippen molar-refractivity contribution in [2.45, 2.75) is 13.5 Å². The maximum atomic E-state index is 13.3. The summed E-state index contributed by atoms with van der Waals surface area (Å²) in [4.78, 5) is 27.1. The number of hydrogen-bond acceptors (Lipinski definition) is 6. The lowest BCUT2D eigenvalue weighted by Crippen LogP contribution is -2.44. The number of piperazine rings is 1. The highest BCUT2D eigenvalue weighted by Gasteiger charge is 2.18. The van der Waals surface area contributed by atoms with Gasteiger partial charge in [-0.3, -0.25) is 4.79 Å². The zero-order valence-electron chi connectivity index (χ0n) is 19.6. The molecular weight excluding hydrogens is 483 g/mol. The molecule has 2 aromatic carbocycles. The number of aromatic nitrogens is 3. The van der Waals surface area contributed by atoms with E-state index in [0.717, 1.165) is 31.9 Å². The van der Waals surface area contributed by atoms with Crippen molar-refractivity contribution in [3.05, 3.63) is 75.1 Å². The minimum absolute atomic E-state index is 0.206. The van der Waals surface area contributed by atoms with Gasteiger partial charge in [-0.15, -0.1) is 0 Å². The standard InChI is InChI=1S/C26H26Cl2N6O/c1-3-33-16-20(23-21(27)5-4-6-22(23)28)24(35)19-15-29-26(31-25(19)33)30-17-7-9-18(10-8-17)34-13-11-32(2)12-14-34/h4-10,15-16H,3,11-14H2,1-2H3,(H,29,30,31). The summed E-state index contributed by atoms with van der Waals surface area (Å²) < 4.78 is 1.91. The molecule has 1 aliphatic heterocycles. The minimum atomic E-state index is -0.206. The van der Waals surface area contributed by atoms with Crippen LogP contribution in [-0.2, 0) is 6.54 Å². The first kappa shape index (κ1) is 23.6. The van der Waals surface area contributed by atoms with Crippen LogP contribution in [0, 0.1) is 0 Å². The van der Waals surface area contributed by atoms with Crippen molar-refractivity contribution in [2.75, 3.05) is 43.4 Å². The molecule has 4 aromatic rings. The molecule has 1 saturated heterocycles. The number of benzene rings is 2. The van der Waals surface area contributed by atoms with Crippen LogP contribution < -0.4 is 15.6 Å². The molecule has 0 spiro atoms. The Bertz CT molecular complexity index is 1410. The van der Waals surface area contributed by atoms with Gasteiger partial charge in [0.25, 0.3) is 0 Å². The van der Waals surface area contributed by atoms with Crippen LogP contribution in [-0.4, -0.2) is 52.7 Å². The molecule has 0 radical (unpaired) electrons. The summed E-state index contributed by atoms with van der Waals surface area (Å²) in [6.07, 6.45) is 3.32. The van der Waals surface area contributed by atoms with Gasteiger partial charge in [0, 0.05) is 67.6 Å². The van der Waals surface area contributed by atoms with Crippen LogP contribution in [0.3, 0.4) is 0 Å². The molecule has 3 heterocycles. The monoisotopic (exact) mass is 508 g/mol. The number of hydrogen-bond donors (Lipinski definition) is 1. The molecule has 35 heavy (non-hydrogen) atoms. The van der Waals surface area contributed by atoms with E-state index in [1.165, 1.54) is 5.69 Å². The summed E-state index contributed by atoms with van der Waals surface area (Å²) in [6.45, 7) is 6.78. The largest absolute Gasteiger partial charge is 0.369 e. The minimum Gasteiger partial charge on any atom is -0.369 e. The first-order chi connectivity index (χ1) is 16.9. The molecular formula is C26H26Cl2N6O. The normalized spacial score (nSPS) is 14.5. The van der Waals surface area contributed by atoms with E-state index >= 15 is 0 Å². The van der Waals surface area contributed by atoms with Crippen molar-refractivity contribution in [2.24, 2.45) is 0 Å². The fourth-order valence-corrected chi connectivity index (χ4v) is 4.96. The van der Waals surface area contributed by atoms with Gasteiger partial charge >= 0.3 is 0 Å². The van der Waals surface area contributed by atoms with Crippen LogP contribution in [0.4, 0.5) is 17.3 Å². The predicted molar refractivity (Wildman–Crippen MR) is 144 cm³/mol. The van der Waals surface area contributed by atoms with Crippen LogP contribution in [0.5, 0.6) is 0 Å². The highest BCUT2D eigenvalue weighted by atomic mass is 35.5. The van der Waals surface area contributed by atoms with Crippen LogP contribution in [0.2, 0.25) is 10.0 Å². The second kappa shape index (κ2) is 9.85. The van der Waals surface area contributed by atoms with Crippen molar-refractivity contribution >= 4 is 51.6 Å². The molecule has 9 heteroatoms. The van der Waals surface area contributed by atoms with E-state index in [4.69, 9.17) is 23.2 Å². The third-order valence-corrected chi connectivity index (χ3v) is 7.01. The fourth-order valence-electron chi connectivity index (χ4n) is 4.36. The Kier molecular flexibility index (Phi) is 6.65. The molecule has 0 saturated carbocycles. The molecule has 0 bridgehead atoms. The summed E-state index contributed by atoms with van der Waals surface area (Å²) in [5, 5.41) is 4.53. The number of halogens is 2. The molecule has 1 N–H and O–H groups in total. The number of nitrogens with one attached hydrogen (secondary N) is 1. The first-order valence-electron chi connectivity index (χ1n) is 11.6. The number of nitrogens with zero attached hydrogens (tertiary/aromatic N) is 5. The number of fused-ring (bicyclic) bond motifs is 1. The van der Waals surface area contributed by atoms with Gasteiger partial charge in [0.05, 0.1) is 15.4 Å². The van der Waals surface area contributed by atoms with Crippen LogP contribution in [0.25, 0.3) is 22.2 Å². The van der Waals surface area contributed by atoms with Crippen LogP contribution >= 0.6 is 23.2 Å². The topological polar surface area (TPSA) is 66.3 Å². The smallest absolute Gasteiger partial charge is 0.229 e. The van der Waals surface area contributed by atoms with Crippen molar-refractivity contribution in [1.82, 2.24) is 19.4 Å². The second-order valence-corrected chi connectivity index (χ2v) is 9.46. The fraction of sp³-hybridized carbons (Fsp3) is 0.269. The van der Waals surface area contributed by atoms with E-state index in [1.54, 1.807) is 30.6 Å². The number of likely N-dealkylation sites (N-methyl/N-ethyl adjacent to an activating group) is 1. The Labute approximate surface area is 213 Å². The van der Waals surface area contributed by atoms with Crippen LogP contribution in [0.1, 0.15) is 6.92 Å². The third-order valence-electron chi connectivity index (χ3n) is 6.38. The molecule has 1 aliphatic rings. The Morgan fingerprint density at radius 2 is 1.69 bits per heavy atom. The summed E-state index contributed by atoms with van der Waals surface area (Å²) in [5.74, 6) is 0.426. The Morgan fingerprint density at radius 1 is 1.00 bits per heavy atom. The molecule has 0 atom stereocenters. The average molecular weight is 509 g/mol. The van der Waals surface area contributed by atoms with Gasteiger partial charge in [-0.1, -0.05) is 29.3 Å². The molecule has 5 rings (SSSR count). The van der Waals surface area contributed by atoms with E-state index < -0.39 is 0 Å². The summed E-state index contributed by atoms with van der Waals surface area (Å²) >= 11 is 12.8. The van der Waals surface area contributed by atoms with Crippen molar-refractivity contribution in [3.8, 4) is 11.1 Å². The van der Waals surface area contributed by atoms with E-state index in [9.17, 15) is 4.79 Å². The van der Waals surface area contributed by atoms with Crippen molar-refractivity contribution < 1.29 is 0 Å². The SMILES string of the molecule is CCn1cc(-c2c(Cl)cccc2Cl)c(=O)c2cnc(Nc3ccc(N4CCN(C)CC4)cc3)nc21. The lowest BCUT2D eigenvalue weighted by Gasteiger charge is -2.34. The van der Waals surface area contributed by atoms with E-state index in [0.29, 0.717) is 44.7 Å². The zero-order chi connectivity index (χ0) is 24.5. The highest BCUT2D eigenvalue weighted by molar-refractivity contribution is 6.39. The lowest BCUT2D eigenvalue weighted by molar-refractivity contribution is 0.313. The van der Waals surface area contributed by atoms with Gasteiger partial charge in [0.15, 0.2) is 0 Å². The van der Waals surface area contributed by atoms with E-state index in [1.807, 2.05) is 23.6 Å². The molecule has 1 fully saturated rings. The van der Waals surface area contributed by atoms with Crippen LogP contribution in [0.15, 0.2) is 59.7 Å². The van der Waals surface area contributed by atoms with Gasteiger partial charge in [0.2, 0.25) is 11.4 Å². The summed E-state index contributed by atoms with van der Waals surface area (Å²) in [5.41, 5.74) is 3.38.